The van der Waals surface area contributed by atoms with Gasteiger partial charge < -0.3 is 20.1 Å². The molecule has 0 aliphatic carbocycles. The summed E-state index contributed by atoms with van der Waals surface area (Å²) >= 11 is 0. The molecule has 1 fully saturated rings. The highest BCUT2D eigenvalue weighted by Gasteiger charge is 2.41. The van der Waals surface area contributed by atoms with E-state index in [-0.39, 0.29) is 35.7 Å². The molecule has 7 heteroatoms. The molecule has 0 spiro atoms. The average molecular weight is 366 g/mol. The maximum absolute atomic E-state index is 11.7. The van der Waals surface area contributed by atoms with Crippen LogP contribution in [0.15, 0.2) is 35.5 Å². The molecule has 7 nitrogen and oxygen atoms in total. The van der Waals surface area contributed by atoms with Crippen LogP contribution in [-0.4, -0.2) is 45.9 Å². The number of allylic oxidation sites excluding steroid dienone is 2. The lowest BCUT2D eigenvalue weighted by Gasteiger charge is -2.29. The molecule has 0 radical (unpaired) electrons. The molecule has 1 heterocycles. The minimum Gasteiger partial charge on any atom is -0.478 e. The molecule has 144 valence electrons. The molecule has 0 aromatic heterocycles. The second-order valence-corrected chi connectivity index (χ2v) is 6.55. The van der Waals surface area contributed by atoms with E-state index in [9.17, 15) is 29.7 Å². The zero-order valence-electron chi connectivity index (χ0n) is 15.2. The van der Waals surface area contributed by atoms with Crippen LogP contribution in [0.2, 0.25) is 0 Å². The van der Waals surface area contributed by atoms with Gasteiger partial charge in [-0.25, -0.2) is 14.4 Å². The lowest BCUT2D eigenvalue weighted by molar-refractivity contribution is -0.134. The number of hydrogen-bond donors (Lipinski definition) is 3. The molecule has 0 bridgehead atoms. The molecular weight excluding hydrogens is 340 g/mol. The van der Waals surface area contributed by atoms with E-state index < -0.39 is 23.3 Å². The van der Waals surface area contributed by atoms with Gasteiger partial charge in [-0.15, -0.1) is 0 Å². The first-order valence-corrected chi connectivity index (χ1v) is 8.55. The molecule has 0 aromatic carbocycles. The van der Waals surface area contributed by atoms with Crippen LogP contribution in [0.1, 0.15) is 46.0 Å². The highest BCUT2D eigenvalue weighted by Crippen LogP contribution is 2.41. The Labute approximate surface area is 152 Å². The number of carboxylic acids is 3. The molecule has 2 unspecified atom stereocenters. The Morgan fingerprint density at radius 3 is 2.15 bits per heavy atom. The minimum absolute atomic E-state index is 0.0518. The Kier molecular flexibility index (Phi) is 7.76. The van der Waals surface area contributed by atoms with Crippen LogP contribution in [0.4, 0.5) is 0 Å². The summed E-state index contributed by atoms with van der Waals surface area (Å²) in [7, 11) is 0. The number of ether oxygens (including phenoxy) is 1. The van der Waals surface area contributed by atoms with Gasteiger partial charge in [0.25, 0.3) is 0 Å². The van der Waals surface area contributed by atoms with Crippen LogP contribution in [0.25, 0.3) is 0 Å². The third kappa shape index (κ3) is 6.15. The third-order valence-corrected chi connectivity index (χ3v) is 4.36. The first-order valence-electron chi connectivity index (χ1n) is 8.55. The summed E-state index contributed by atoms with van der Waals surface area (Å²) in [4.78, 5) is 34.6. The standard InChI is InChI=1S/C19H26O7/c1-4-5-6-7-14(18(24)25)9-19(10-15-11-26-15,13(3)17(22)23)8-12(2)16(20)21/h8-9,15H,3-7,10-11H2,1-2H3,(H,20,21)(H,22,23)(H,24,25). The fourth-order valence-electron chi connectivity index (χ4n) is 2.78. The Morgan fingerprint density at radius 2 is 1.73 bits per heavy atom. The Morgan fingerprint density at radius 1 is 1.12 bits per heavy atom. The molecule has 0 aromatic rings. The van der Waals surface area contributed by atoms with Gasteiger partial charge in [0.05, 0.1) is 12.7 Å². The maximum Gasteiger partial charge on any atom is 0.332 e. The van der Waals surface area contributed by atoms with Gasteiger partial charge in [-0.2, -0.15) is 0 Å². The van der Waals surface area contributed by atoms with Crippen LogP contribution < -0.4 is 0 Å². The number of hydrogen-bond acceptors (Lipinski definition) is 4. The van der Waals surface area contributed by atoms with E-state index in [0.29, 0.717) is 13.0 Å². The SMILES string of the molecule is C=C(C(=O)O)C(C=C(C)C(=O)O)(C=C(CCCCC)C(=O)O)CC1CO1. The summed E-state index contributed by atoms with van der Waals surface area (Å²) < 4.78 is 5.19. The van der Waals surface area contributed by atoms with E-state index in [1.165, 1.54) is 19.1 Å². The maximum atomic E-state index is 11.7. The van der Waals surface area contributed by atoms with Crippen molar-refractivity contribution < 1.29 is 34.4 Å². The number of rotatable bonds is 12. The average Bonchev–Trinajstić information content (AvgIpc) is 3.36. The molecule has 1 aliphatic rings. The molecule has 2 atom stereocenters. The Balaban J connectivity index is 3.46. The van der Waals surface area contributed by atoms with Crippen molar-refractivity contribution in [1.29, 1.82) is 0 Å². The lowest BCUT2D eigenvalue weighted by atomic mass is 9.73. The van der Waals surface area contributed by atoms with Gasteiger partial charge >= 0.3 is 17.9 Å². The Bertz CT molecular complexity index is 640. The molecule has 1 aliphatic heterocycles. The molecular formula is C19H26O7. The number of carbonyl (C=O) groups is 3. The van der Waals surface area contributed by atoms with Crippen molar-refractivity contribution in [1.82, 2.24) is 0 Å². The molecule has 0 amide bonds. The van der Waals surface area contributed by atoms with E-state index in [1.807, 2.05) is 6.92 Å². The van der Waals surface area contributed by atoms with Crippen LogP contribution in [0, 0.1) is 5.41 Å². The molecule has 1 rings (SSSR count). The van der Waals surface area contributed by atoms with Crippen molar-refractivity contribution in [3.8, 4) is 0 Å². The summed E-state index contributed by atoms with van der Waals surface area (Å²) in [5, 5.41) is 28.2. The number of carboxylic acid groups (broad SMARTS) is 3. The van der Waals surface area contributed by atoms with E-state index in [0.717, 1.165) is 12.8 Å². The van der Waals surface area contributed by atoms with Crippen molar-refractivity contribution in [2.75, 3.05) is 6.61 Å². The lowest BCUT2D eigenvalue weighted by Crippen LogP contribution is -2.28. The zero-order valence-corrected chi connectivity index (χ0v) is 15.2. The van der Waals surface area contributed by atoms with Gasteiger partial charge in [-0.05, 0) is 26.2 Å². The second kappa shape index (κ2) is 9.33. The topological polar surface area (TPSA) is 124 Å². The van der Waals surface area contributed by atoms with Gasteiger partial charge in [0.2, 0.25) is 0 Å². The van der Waals surface area contributed by atoms with Crippen molar-refractivity contribution >= 4 is 17.9 Å². The number of epoxide rings is 1. The summed E-state index contributed by atoms with van der Waals surface area (Å²) in [6.07, 6.45) is 5.15. The fraction of sp³-hybridized carbons (Fsp3) is 0.526. The van der Waals surface area contributed by atoms with Gasteiger partial charge in [-0.3, -0.25) is 0 Å². The van der Waals surface area contributed by atoms with E-state index >= 15 is 0 Å². The smallest absolute Gasteiger partial charge is 0.332 e. The third-order valence-electron chi connectivity index (χ3n) is 4.36. The Hall–Kier alpha value is -2.41. The first-order chi connectivity index (χ1) is 12.1. The van der Waals surface area contributed by atoms with Crippen molar-refractivity contribution in [2.45, 2.75) is 52.1 Å². The van der Waals surface area contributed by atoms with Gasteiger partial charge in [0, 0.05) is 22.1 Å². The van der Waals surface area contributed by atoms with E-state index in [4.69, 9.17) is 4.74 Å². The normalized spacial score (nSPS) is 19.5. The van der Waals surface area contributed by atoms with Gasteiger partial charge in [-0.1, -0.05) is 38.5 Å². The summed E-state index contributed by atoms with van der Waals surface area (Å²) in [5.74, 6) is -3.67. The van der Waals surface area contributed by atoms with Gasteiger partial charge in [0.1, 0.15) is 0 Å². The molecule has 1 saturated heterocycles. The number of unbranched alkanes of at least 4 members (excludes halogenated alkanes) is 2. The van der Waals surface area contributed by atoms with Crippen LogP contribution in [0.5, 0.6) is 0 Å². The minimum atomic E-state index is -1.44. The second-order valence-electron chi connectivity index (χ2n) is 6.55. The van der Waals surface area contributed by atoms with Crippen molar-refractivity contribution in [3.05, 3.63) is 35.5 Å². The molecule has 0 saturated carbocycles. The van der Waals surface area contributed by atoms with Crippen LogP contribution >= 0.6 is 0 Å². The first kappa shape index (κ1) is 21.6. The number of aliphatic carboxylic acids is 3. The largest absolute Gasteiger partial charge is 0.478 e. The van der Waals surface area contributed by atoms with Gasteiger partial charge in [0.15, 0.2) is 0 Å². The fourth-order valence-corrected chi connectivity index (χ4v) is 2.78. The predicted octanol–water partition coefficient (Wildman–Crippen LogP) is 3.02. The highest BCUT2D eigenvalue weighted by molar-refractivity contribution is 5.92. The van der Waals surface area contributed by atoms with Crippen LogP contribution in [-0.2, 0) is 19.1 Å². The summed E-state index contributed by atoms with van der Waals surface area (Å²) in [5.41, 5.74) is -1.74. The van der Waals surface area contributed by atoms with E-state index in [1.54, 1.807) is 0 Å². The van der Waals surface area contributed by atoms with Crippen LogP contribution in [0.3, 0.4) is 0 Å². The van der Waals surface area contributed by atoms with E-state index in [2.05, 4.69) is 6.58 Å². The quantitative estimate of drug-likeness (QED) is 0.275. The van der Waals surface area contributed by atoms with Crippen molar-refractivity contribution in [2.24, 2.45) is 5.41 Å². The summed E-state index contributed by atoms with van der Waals surface area (Å²) in [6.45, 7) is 7.34. The molecule has 3 N–H and O–H groups in total. The predicted molar refractivity (Wildman–Crippen MR) is 94.8 cm³/mol. The zero-order chi connectivity index (χ0) is 19.9. The van der Waals surface area contributed by atoms with Crippen molar-refractivity contribution in [3.63, 3.8) is 0 Å². The monoisotopic (exact) mass is 366 g/mol. The molecule has 26 heavy (non-hydrogen) atoms. The highest BCUT2D eigenvalue weighted by atomic mass is 16.6. The summed E-state index contributed by atoms with van der Waals surface area (Å²) in [6, 6.07) is 0.